The van der Waals surface area contributed by atoms with Crippen molar-refractivity contribution >= 4 is 17.3 Å². The molecule has 0 saturated heterocycles. The van der Waals surface area contributed by atoms with Gasteiger partial charge < -0.3 is 4.90 Å². The fourth-order valence-corrected chi connectivity index (χ4v) is 1.81. The Labute approximate surface area is 113 Å². The van der Waals surface area contributed by atoms with E-state index in [0.29, 0.717) is 10.5 Å². The predicted octanol–water partition coefficient (Wildman–Crippen LogP) is 3.07. The van der Waals surface area contributed by atoms with E-state index >= 15 is 0 Å². The zero-order chi connectivity index (χ0) is 15.5. The van der Waals surface area contributed by atoms with Crippen molar-refractivity contribution in [2.75, 3.05) is 11.4 Å². The number of nitro groups is 1. The first-order valence-electron chi connectivity index (χ1n) is 5.88. The average molecular weight is 290 g/mol. The van der Waals surface area contributed by atoms with Gasteiger partial charge in [0.1, 0.15) is 0 Å². The molecule has 0 radical (unpaired) electrons. The van der Waals surface area contributed by atoms with Gasteiger partial charge in [0.05, 0.1) is 4.92 Å². The molecule has 1 rings (SSSR count). The van der Waals surface area contributed by atoms with Gasteiger partial charge in [-0.15, -0.1) is 0 Å². The molecule has 20 heavy (non-hydrogen) atoms. The van der Waals surface area contributed by atoms with Gasteiger partial charge in [0.25, 0.3) is 5.69 Å². The summed E-state index contributed by atoms with van der Waals surface area (Å²) in [5.74, 6) is -1.98. The van der Waals surface area contributed by atoms with Crippen molar-refractivity contribution in [3.63, 3.8) is 0 Å². The number of nitrogens with zero attached hydrogens (tertiary/aromatic N) is 2. The lowest BCUT2D eigenvalue weighted by Gasteiger charge is -2.24. The van der Waals surface area contributed by atoms with Crippen LogP contribution in [0.2, 0.25) is 0 Å². The number of anilines is 1. The van der Waals surface area contributed by atoms with E-state index in [1.165, 1.54) is 19.1 Å². The highest BCUT2D eigenvalue weighted by Crippen LogP contribution is 2.29. The maximum Gasteiger partial charge on any atom is 0.471 e. The number of carbonyl (C=O) groups excluding carboxylic acids is 1. The Morgan fingerprint density at radius 1 is 1.35 bits per heavy atom. The molecule has 8 heteroatoms. The molecule has 0 aliphatic heterocycles. The largest absolute Gasteiger partial charge is 0.471 e. The van der Waals surface area contributed by atoms with Crippen molar-refractivity contribution in [1.82, 2.24) is 0 Å². The fraction of sp³-hybridized carbons (Fsp3) is 0.417. The molecule has 0 fully saturated rings. The number of alkyl halides is 3. The maximum absolute atomic E-state index is 12.5. The zero-order valence-electron chi connectivity index (χ0n) is 10.9. The van der Waals surface area contributed by atoms with Crippen LogP contribution < -0.4 is 4.90 Å². The Hall–Kier alpha value is -2.12. The Balaban J connectivity index is 3.29. The number of amides is 1. The third-order valence-corrected chi connectivity index (χ3v) is 2.75. The van der Waals surface area contributed by atoms with Gasteiger partial charge in [0.2, 0.25) is 0 Å². The van der Waals surface area contributed by atoms with E-state index in [1.807, 2.05) is 0 Å². The van der Waals surface area contributed by atoms with Gasteiger partial charge in [0, 0.05) is 24.4 Å². The van der Waals surface area contributed by atoms with Crippen LogP contribution in [0.4, 0.5) is 24.5 Å². The highest BCUT2D eigenvalue weighted by atomic mass is 19.4. The summed E-state index contributed by atoms with van der Waals surface area (Å²) in [7, 11) is 0. The van der Waals surface area contributed by atoms with Crippen LogP contribution >= 0.6 is 0 Å². The third kappa shape index (κ3) is 3.25. The van der Waals surface area contributed by atoms with E-state index in [0.717, 1.165) is 6.07 Å². The molecular formula is C12H13F3N2O3. The van der Waals surface area contributed by atoms with E-state index in [1.54, 1.807) is 6.92 Å². The molecule has 1 aromatic rings. The molecule has 0 saturated carbocycles. The highest BCUT2D eigenvalue weighted by molar-refractivity contribution is 5.98. The van der Waals surface area contributed by atoms with Crippen molar-refractivity contribution in [3.05, 3.63) is 33.9 Å². The fourth-order valence-electron chi connectivity index (χ4n) is 1.81. The number of hydrogen-bond donors (Lipinski definition) is 0. The summed E-state index contributed by atoms with van der Waals surface area (Å²) in [6.45, 7) is 2.88. The normalized spacial score (nSPS) is 11.2. The zero-order valence-corrected chi connectivity index (χ0v) is 10.9. The SMILES string of the molecule is CCc1cc([N+](=O)[O-])ccc1N(CC)C(=O)C(F)(F)F. The molecule has 0 bridgehead atoms. The number of rotatable bonds is 4. The summed E-state index contributed by atoms with van der Waals surface area (Å²) in [5, 5.41) is 10.7. The Kier molecular flexibility index (Phi) is 4.69. The van der Waals surface area contributed by atoms with E-state index in [-0.39, 0.29) is 24.3 Å². The van der Waals surface area contributed by atoms with E-state index in [4.69, 9.17) is 0 Å². The van der Waals surface area contributed by atoms with Crippen molar-refractivity contribution in [3.8, 4) is 0 Å². The number of hydrogen-bond acceptors (Lipinski definition) is 3. The monoisotopic (exact) mass is 290 g/mol. The van der Waals surface area contributed by atoms with Gasteiger partial charge in [-0.2, -0.15) is 13.2 Å². The summed E-state index contributed by atoms with van der Waals surface area (Å²) >= 11 is 0. The average Bonchev–Trinajstić information content (AvgIpc) is 2.38. The number of carbonyl (C=O) groups is 1. The first kappa shape index (κ1) is 15.9. The molecule has 0 spiro atoms. The van der Waals surface area contributed by atoms with Crippen LogP contribution in [0, 0.1) is 10.1 Å². The summed E-state index contributed by atoms with van der Waals surface area (Å²) in [5.41, 5.74) is 0.141. The van der Waals surface area contributed by atoms with Gasteiger partial charge in [-0.3, -0.25) is 14.9 Å². The molecule has 0 N–H and O–H groups in total. The van der Waals surface area contributed by atoms with Gasteiger partial charge in [-0.05, 0) is 25.0 Å². The van der Waals surface area contributed by atoms with Gasteiger partial charge in [-0.1, -0.05) is 6.92 Å². The number of aryl methyl sites for hydroxylation is 1. The maximum atomic E-state index is 12.5. The minimum Gasteiger partial charge on any atom is -0.305 e. The molecule has 0 aromatic heterocycles. The second kappa shape index (κ2) is 5.89. The summed E-state index contributed by atoms with van der Waals surface area (Å²) in [4.78, 5) is 21.9. The number of non-ortho nitro benzene ring substituents is 1. The molecule has 1 amide bonds. The van der Waals surface area contributed by atoms with Crippen molar-refractivity contribution < 1.29 is 22.9 Å². The second-order valence-electron chi connectivity index (χ2n) is 3.97. The van der Waals surface area contributed by atoms with Crippen LogP contribution in [0.1, 0.15) is 19.4 Å². The first-order chi connectivity index (χ1) is 9.22. The second-order valence-corrected chi connectivity index (χ2v) is 3.97. The van der Waals surface area contributed by atoms with Crippen LogP contribution in [0.15, 0.2) is 18.2 Å². The lowest BCUT2D eigenvalue weighted by atomic mass is 10.1. The molecular weight excluding hydrogens is 277 g/mol. The first-order valence-corrected chi connectivity index (χ1v) is 5.88. The standard InChI is InChI=1S/C12H13F3N2O3/c1-3-8-7-9(17(19)20)5-6-10(8)16(4-2)11(18)12(13,14)15/h5-7H,3-4H2,1-2H3. The topological polar surface area (TPSA) is 63.5 Å². The minimum atomic E-state index is -4.98. The van der Waals surface area contributed by atoms with E-state index in [9.17, 15) is 28.1 Å². The summed E-state index contributed by atoms with van der Waals surface area (Å²) in [6, 6.07) is 3.44. The molecule has 0 aliphatic rings. The van der Waals surface area contributed by atoms with Crippen molar-refractivity contribution in [2.45, 2.75) is 26.4 Å². The van der Waals surface area contributed by atoms with Gasteiger partial charge in [0.15, 0.2) is 0 Å². The predicted molar refractivity (Wildman–Crippen MR) is 66.6 cm³/mol. The Bertz CT molecular complexity index is 529. The van der Waals surface area contributed by atoms with Crippen LogP contribution in [0.5, 0.6) is 0 Å². The Morgan fingerprint density at radius 3 is 2.35 bits per heavy atom. The van der Waals surface area contributed by atoms with Gasteiger partial charge >= 0.3 is 12.1 Å². The van der Waals surface area contributed by atoms with Crippen LogP contribution in [0.25, 0.3) is 0 Å². The van der Waals surface area contributed by atoms with Crippen LogP contribution in [-0.2, 0) is 11.2 Å². The quantitative estimate of drug-likeness (QED) is 0.632. The minimum absolute atomic E-state index is 0.0444. The van der Waals surface area contributed by atoms with E-state index in [2.05, 4.69) is 0 Å². The number of nitro benzene ring substituents is 1. The Morgan fingerprint density at radius 2 is 1.95 bits per heavy atom. The van der Waals surface area contributed by atoms with Gasteiger partial charge in [-0.25, -0.2) is 0 Å². The summed E-state index contributed by atoms with van der Waals surface area (Å²) in [6.07, 6.45) is -4.71. The lowest BCUT2D eigenvalue weighted by Crippen LogP contribution is -2.41. The van der Waals surface area contributed by atoms with Crippen molar-refractivity contribution in [1.29, 1.82) is 0 Å². The van der Waals surface area contributed by atoms with Crippen molar-refractivity contribution in [2.24, 2.45) is 0 Å². The molecule has 0 aliphatic carbocycles. The molecule has 0 unspecified atom stereocenters. The molecule has 1 aromatic carbocycles. The molecule has 0 heterocycles. The molecule has 5 nitrogen and oxygen atoms in total. The number of benzene rings is 1. The summed E-state index contributed by atoms with van der Waals surface area (Å²) < 4.78 is 37.5. The van der Waals surface area contributed by atoms with Crippen LogP contribution in [-0.4, -0.2) is 23.6 Å². The smallest absolute Gasteiger partial charge is 0.305 e. The third-order valence-electron chi connectivity index (χ3n) is 2.75. The lowest BCUT2D eigenvalue weighted by molar-refractivity contribution is -0.384. The van der Waals surface area contributed by atoms with E-state index < -0.39 is 17.0 Å². The molecule has 110 valence electrons. The van der Waals surface area contributed by atoms with Crippen LogP contribution in [0.3, 0.4) is 0 Å². The number of halogens is 3. The highest BCUT2D eigenvalue weighted by Gasteiger charge is 2.43. The molecule has 0 atom stereocenters.